The Morgan fingerprint density at radius 1 is 1.24 bits per heavy atom. The molecule has 1 aromatic carbocycles. The van der Waals surface area contributed by atoms with E-state index in [0.717, 1.165) is 10.9 Å². The van der Waals surface area contributed by atoms with Gasteiger partial charge in [0.2, 0.25) is 5.95 Å². The molecule has 21 heavy (non-hydrogen) atoms. The first-order chi connectivity index (χ1) is 10.1. The van der Waals surface area contributed by atoms with Crippen molar-refractivity contribution in [2.75, 3.05) is 5.73 Å². The number of nitro groups is 1. The molecule has 0 radical (unpaired) electrons. The molecule has 3 aromatic rings. The summed E-state index contributed by atoms with van der Waals surface area (Å²) in [5, 5.41) is 12.2. The normalized spacial score (nSPS) is 10.7. The van der Waals surface area contributed by atoms with Crippen molar-refractivity contribution in [1.82, 2.24) is 15.0 Å². The molecule has 3 rings (SSSR count). The van der Waals surface area contributed by atoms with Crippen LogP contribution in [-0.4, -0.2) is 19.9 Å². The van der Waals surface area contributed by atoms with Gasteiger partial charge in [0.25, 0.3) is 0 Å². The van der Waals surface area contributed by atoms with Crippen LogP contribution in [0.4, 0.5) is 11.6 Å². The Morgan fingerprint density at radius 2 is 2.05 bits per heavy atom. The molecule has 0 fully saturated rings. The number of hydrogen-bond donors (Lipinski definition) is 1. The van der Waals surface area contributed by atoms with E-state index in [4.69, 9.17) is 5.73 Å². The Kier molecular flexibility index (Phi) is 2.94. The molecule has 7 heteroatoms. The highest BCUT2D eigenvalue weighted by atomic mass is 16.6. The van der Waals surface area contributed by atoms with Crippen LogP contribution in [0.3, 0.4) is 0 Å². The number of benzene rings is 1. The van der Waals surface area contributed by atoms with Gasteiger partial charge in [0.05, 0.1) is 10.4 Å². The monoisotopic (exact) mass is 281 g/mol. The van der Waals surface area contributed by atoms with E-state index in [2.05, 4.69) is 15.0 Å². The van der Waals surface area contributed by atoms with E-state index in [1.54, 1.807) is 25.3 Å². The van der Waals surface area contributed by atoms with Gasteiger partial charge in [-0.15, -0.1) is 0 Å². The lowest BCUT2D eigenvalue weighted by Crippen LogP contribution is -2.04. The fourth-order valence-corrected chi connectivity index (χ4v) is 2.22. The van der Waals surface area contributed by atoms with E-state index in [0.29, 0.717) is 5.56 Å². The Morgan fingerprint density at radius 3 is 2.81 bits per heavy atom. The Hall–Kier alpha value is -3.09. The minimum Gasteiger partial charge on any atom is -0.368 e. The van der Waals surface area contributed by atoms with Gasteiger partial charge >= 0.3 is 5.69 Å². The summed E-state index contributed by atoms with van der Waals surface area (Å²) in [6.45, 7) is 1.54. The van der Waals surface area contributed by atoms with E-state index in [1.165, 1.54) is 0 Å². The predicted molar refractivity (Wildman–Crippen MR) is 78.6 cm³/mol. The van der Waals surface area contributed by atoms with Gasteiger partial charge in [-0.1, -0.05) is 18.2 Å². The van der Waals surface area contributed by atoms with Gasteiger partial charge in [-0.2, -0.15) is 0 Å². The van der Waals surface area contributed by atoms with E-state index >= 15 is 0 Å². The molecular weight excluding hydrogens is 270 g/mol. The molecule has 0 unspecified atom stereocenters. The molecule has 2 N–H and O–H groups in total. The summed E-state index contributed by atoms with van der Waals surface area (Å²) in [6.07, 6.45) is 1.67. The number of hydrogen-bond acceptors (Lipinski definition) is 6. The first-order valence-corrected chi connectivity index (χ1v) is 6.20. The van der Waals surface area contributed by atoms with Crippen molar-refractivity contribution in [3.63, 3.8) is 0 Å². The van der Waals surface area contributed by atoms with Gasteiger partial charge < -0.3 is 5.73 Å². The van der Waals surface area contributed by atoms with Crippen LogP contribution in [0.15, 0.2) is 36.5 Å². The summed E-state index contributed by atoms with van der Waals surface area (Å²) in [7, 11) is 0. The molecule has 0 amide bonds. The number of nitrogens with two attached hydrogens (primary N) is 1. The van der Waals surface area contributed by atoms with Crippen LogP contribution in [-0.2, 0) is 0 Å². The highest BCUT2D eigenvalue weighted by molar-refractivity contribution is 5.85. The van der Waals surface area contributed by atoms with Crippen molar-refractivity contribution < 1.29 is 4.92 Å². The molecule has 2 heterocycles. The van der Waals surface area contributed by atoms with Gasteiger partial charge in [0, 0.05) is 17.1 Å². The molecule has 0 aliphatic rings. The zero-order valence-electron chi connectivity index (χ0n) is 11.1. The average Bonchev–Trinajstić information content (AvgIpc) is 2.45. The minimum atomic E-state index is -0.493. The largest absolute Gasteiger partial charge is 0.368 e. The van der Waals surface area contributed by atoms with Crippen molar-refractivity contribution in [1.29, 1.82) is 0 Å². The number of rotatable bonds is 2. The highest BCUT2D eigenvalue weighted by Crippen LogP contribution is 2.31. The zero-order valence-corrected chi connectivity index (χ0v) is 11.1. The van der Waals surface area contributed by atoms with E-state index < -0.39 is 4.92 Å². The highest BCUT2D eigenvalue weighted by Gasteiger charge is 2.22. The number of aromatic nitrogens is 3. The Bertz CT molecular complexity index is 863. The molecule has 7 nitrogen and oxygen atoms in total. The predicted octanol–water partition coefficient (Wildman–Crippen LogP) is 2.49. The number of aryl methyl sites for hydroxylation is 1. The van der Waals surface area contributed by atoms with Gasteiger partial charge in [-0.3, -0.25) is 15.1 Å². The molecule has 0 spiro atoms. The van der Waals surface area contributed by atoms with E-state index in [9.17, 15) is 10.1 Å². The average molecular weight is 281 g/mol. The Labute approximate surface area is 119 Å². The summed E-state index contributed by atoms with van der Waals surface area (Å²) in [5.41, 5.74) is 7.25. The number of anilines is 1. The lowest BCUT2D eigenvalue weighted by atomic mass is 10.1. The van der Waals surface area contributed by atoms with Crippen molar-refractivity contribution in [3.05, 3.63) is 52.3 Å². The maximum absolute atomic E-state index is 11.3. The SMILES string of the molecule is Cc1nc(N)nc(-c2ccc3cccnc3c2)c1[N+](=O)[O-]. The molecular formula is C14H11N5O2. The van der Waals surface area contributed by atoms with Crippen LogP contribution in [0, 0.1) is 17.0 Å². The second-order valence-electron chi connectivity index (χ2n) is 4.53. The summed E-state index contributed by atoms with van der Waals surface area (Å²) in [6, 6.07) is 9.11. The van der Waals surface area contributed by atoms with E-state index in [-0.39, 0.29) is 23.0 Å². The Balaban J connectivity index is 2.29. The number of nitrogens with zero attached hydrogens (tertiary/aromatic N) is 4. The molecule has 0 aliphatic heterocycles. The van der Waals surface area contributed by atoms with Crippen LogP contribution in [0.5, 0.6) is 0 Å². The smallest absolute Gasteiger partial charge is 0.316 e. The van der Waals surface area contributed by atoms with Crippen molar-refractivity contribution in [3.8, 4) is 11.3 Å². The first-order valence-electron chi connectivity index (χ1n) is 6.20. The third kappa shape index (κ3) is 2.25. The summed E-state index contributed by atoms with van der Waals surface area (Å²) < 4.78 is 0. The van der Waals surface area contributed by atoms with Crippen molar-refractivity contribution in [2.45, 2.75) is 6.92 Å². The topological polar surface area (TPSA) is 108 Å². The van der Waals surface area contributed by atoms with Gasteiger partial charge in [0.1, 0.15) is 5.69 Å². The molecule has 0 aliphatic carbocycles. The maximum atomic E-state index is 11.3. The van der Waals surface area contributed by atoms with Crippen molar-refractivity contribution in [2.24, 2.45) is 0 Å². The molecule has 0 saturated heterocycles. The number of fused-ring (bicyclic) bond motifs is 1. The standard InChI is InChI=1S/C14H11N5O2/c1-8-13(19(20)21)12(18-14(15)17-8)10-5-4-9-3-2-6-16-11(9)7-10/h2-7H,1H3,(H2,15,17,18). The van der Waals surface area contributed by atoms with E-state index in [1.807, 2.05) is 18.2 Å². The maximum Gasteiger partial charge on any atom is 0.316 e. The lowest BCUT2D eigenvalue weighted by Gasteiger charge is -2.06. The zero-order chi connectivity index (χ0) is 15.0. The third-order valence-electron chi connectivity index (χ3n) is 3.14. The van der Waals surface area contributed by atoms with Gasteiger partial charge in [-0.05, 0) is 19.1 Å². The lowest BCUT2D eigenvalue weighted by molar-refractivity contribution is -0.385. The van der Waals surface area contributed by atoms with Gasteiger partial charge in [-0.25, -0.2) is 9.97 Å². The number of pyridine rings is 1. The van der Waals surface area contributed by atoms with Crippen LogP contribution >= 0.6 is 0 Å². The molecule has 0 atom stereocenters. The summed E-state index contributed by atoms with van der Waals surface area (Å²) in [4.78, 5) is 22.9. The summed E-state index contributed by atoms with van der Waals surface area (Å²) >= 11 is 0. The second-order valence-corrected chi connectivity index (χ2v) is 4.53. The fourth-order valence-electron chi connectivity index (χ4n) is 2.22. The third-order valence-corrected chi connectivity index (χ3v) is 3.14. The summed E-state index contributed by atoms with van der Waals surface area (Å²) in [5.74, 6) is 0.00854. The molecule has 0 saturated carbocycles. The first kappa shape index (κ1) is 12.9. The molecule has 104 valence electrons. The van der Waals surface area contributed by atoms with Crippen molar-refractivity contribution >= 4 is 22.5 Å². The fraction of sp³-hybridized carbons (Fsp3) is 0.0714. The number of nitrogen functional groups attached to an aromatic ring is 1. The minimum absolute atomic E-state index is 0.00854. The van der Waals surface area contributed by atoms with Crippen LogP contribution in [0.25, 0.3) is 22.2 Å². The molecule has 2 aromatic heterocycles. The van der Waals surface area contributed by atoms with Crippen LogP contribution < -0.4 is 5.73 Å². The molecule has 0 bridgehead atoms. The van der Waals surface area contributed by atoms with Gasteiger partial charge in [0.15, 0.2) is 5.69 Å². The second kappa shape index (κ2) is 4.78. The quantitative estimate of drug-likeness (QED) is 0.571. The van der Waals surface area contributed by atoms with Crippen LogP contribution in [0.1, 0.15) is 5.69 Å². The van der Waals surface area contributed by atoms with Crippen LogP contribution in [0.2, 0.25) is 0 Å².